The molecule has 1 aliphatic carbocycles. The summed E-state index contributed by atoms with van der Waals surface area (Å²) in [6.45, 7) is 0. The maximum absolute atomic E-state index is 12.6. The second-order valence-corrected chi connectivity index (χ2v) is 5.11. The summed E-state index contributed by atoms with van der Waals surface area (Å²) in [6.07, 6.45) is -1.91. The second kappa shape index (κ2) is 5.73. The van der Waals surface area contributed by atoms with Crippen LogP contribution in [0.1, 0.15) is 31.2 Å². The van der Waals surface area contributed by atoms with E-state index < -0.39 is 17.7 Å². The summed E-state index contributed by atoms with van der Waals surface area (Å²) in [5.41, 5.74) is -0.250. The monoisotopic (exact) mass is 287 g/mol. The van der Waals surface area contributed by atoms with Gasteiger partial charge in [-0.2, -0.15) is 13.2 Å². The van der Waals surface area contributed by atoms with Gasteiger partial charge in [0.15, 0.2) is 0 Å². The van der Waals surface area contributed by atoms with Crippen LogP contribution in [0.4, 0.5) is 18.9 Å². The molecule has 1 aromatic carbocycles. The van der Waals surface area contributed by atoms with Crippen molar-refractivity contribution in [2.24, 2.45) is 5.92 Å². The molecule has 110 valence electrons. The van der Waals surface area contributed by atoms with E-state index in [1.807, 2.05) is 0 Å². The standard InChI is InChI=1S/C14H16F3NO2/c15-14(16,17)10-2-1-3-12(8-10)18-11-6-4-9(5-7-11)13(19)20/h1-3,8-9,11,18H,4-7H2,(H,19,20). The maximum atomic E-state index is 12.6. The Labute approximate surface area is 114 Å². The van der Waals surface area contributed by atoms with Gasteiger partial charge in [-0.3, -0.25) is 4.79 Å². The van der Waals surface area contributed by atoms with Gasteiger partial charge < -0.3 is 10.4 Å². The zero-order valence-electron chi connectivity index (χ0n) is 10.8. The van der Waals surface area contributed by atoms with Gasteiger partial charge in [0, 0.05) is 11.7 Å². The van der Waals surface area contributed by atoms with Crippen molar-refractivity contribution in [3.8, 4) is 0 Å². The molecule has 1 fully saturated rings. The van der Waals surface area contributed by atoms with Crippen LogP contribution < -0.4 is 5.32 Å². The topological polar surface area (TPSA) is 49.3 Å². The molecule has 0 heterocycles. The van der Waals surface area contributed by atoms with Crippen molar-refractivity contribution in [2.45, 2.75) is 37.9 Å². The highest BCUT2D eigenvalue weighted by Crippen LogP contribution is 2.32. The highest BCUT2D eigenvalue weighted by atomic mass is 19.4. The van der Waals surface area contributed by atoms with Crippen LogP contribution in [0, 0.1) is 5.92 Å². The van der Waals surface area contributed by atoms with E-state index in [1.54, 1.807) is 6.07 Å². The number of carbonyl (C=O) groups is 1. The summed E-state index contributed by atoms with van der Waals surface area (Å²) in [5.74, 6) is -1.11. The molecule has 3 nitrogen and oxygen atoms in total. The van der Waals surface area contributed by atoms with Crippen molar-refractivity contribution < 1.29 is 23.1 Å². The van der Waals surface area contributed by atoms with Crippen molar-refractivity contribution in [3.63, 3.8) is 0 Å². The Kier molecular flexibility index (Phi) is 4.20. The Morgan fingerprint density at radius 2 is 1.85 bits per heavy atom. The molecule has 0 radical (unpaired) electrons. The third-order valence-electron chi connectivity index (χ3n) is 3.64. The van der Waals surface area contributed by atoms with Crippen LogP contribution in [0.15, 0.2) is 24.3 Å². The van der Waals surface area contributed by atoms with Gasteiger partial charge in [0.1, 0.15) is 0 Å². The predicted molar refractivity (Wildman–Crippen MR) is 68.4 cm³/mol. The van der Waals surface area contributed by atoms with Crippen LogP contribution in [0.25, 0.3) is 0 Å². The van der Waals surface area contributed by atoms with Gasteiger partial charge in [0.2, 0.25) is 0 Å². The van der Waals surface area contributed by atoms with E-state index in [-0.39, 0.29) is 12.0 Å². The van der Waals surface area contributed by atoms with Crippen molar-refractivity contribution in [2.75, 3.05) is 5.32 Å². The van der Waals surface area contributed by atoms with E-state index in [0.29, 0.717) is 31.4 Å². The van der Waals surface area contributed by atoms with Gasteiger partial charge >= 0.3 is 12.1 Å². The SMILES string of the molecule is O=C(O)C1CCC(Nc2cccc(C(F)(F)F)c2)CC1. The molecular weight excluding hydrogens is 271 g/mol. The summed E-state index contributed by atoms with van der Waals surface area (Å²) in [4.78, 5) is 10.8. The van der Waals surface area contributed by atoms with Gasteiger partial charge in [0.25, 0.3) is 0 Å². The number of hydrogen-bond donors (Lipinski definition) is 2. The number of halogens is 3. The van der Waals surface area contributed by atoms with E-state index in [4.69, 9.17) is 5.11 Å². The number of rotatable bonds is 3. The van der Waals surface area contributed by atoms with E-state index in [1.165, 1.54) is 6.07 Å². The van der Waals surface area contributed by atoms with Crippen LogP contribution in [0.2, 0.25) is 0 Å². The zero-order chi connectivity index (χ0) is 14.8. The molecule has 1 saturated carbocycles. The van der Waals surface area contributed by atoms with Gasteiger partial charge in [-0.05, 0) is 43.9 Å². The number of alkyl halides is 3. The van der Waals surface area contributed by atoms with E-state index >= 15 is 0 Å². The fourth-order valence-corrected chi connectivity index (χ4v) is 2.51. The molecule has 0 aromatic heterocycles. The normalized spacial score (nSPS) is 23.4. The smallest absolute Gasteiger partial charge is 0.416 e. The second-order valence-electron chi connectivity index (χ2n) is 5.11. The Bertz CT molecular complexity index is 480. The summed E-state index contributed by atoms with van der Waals surface area (Å²) < 4.78 is 37.8. The first kappa shape index (κ1) is 14.7. The maximum Gasteiger partial charge on any atom is 0.416 e. The Balaban J connectivity index is 1.96. The fourth-order valence-electron chi connectivity index (χ4n) is 2.51. The Morgan fingerprint density at radius 1 is 1.20 bits per heavy atom. The molecular formula is C14H16F3NO2. The van der Waals surface area contributed by atoms with E-state index in [9.17, 15) is 18.0 Å². The molecule has 0 spiro atoms. The largest absolute Gasteiger partial charge is 0.481 e. The summed E-state index contributed by atoms with van der Waals surface area (Å²) >= 11 is 0. The molecule has 0 atom stereocenters. The number of aliphatic carboxylic acids is 1. The summed E-state index contributed by atoms with van der Waals surface area (Å²) in [5, 5.41) is 12.0. The minimum absolute atomic E-state index is 0.0362. The van der Waals surface area contributed by atoms with Crippen molar-refractivity contribution in [1.82, 2.24) is 0 Å². The average Bonchev–Trinajstić information content (AvgIpc) is 2.38. The lowest BCUT2D eigenvalue weighted by molar-refractivity contribution is -0.142. The molecule has 6 heteroatoms. The van der Waals surface area contributed by atoms with Crippen LogP contribution in [-0.4, -0.2) is 17.1 Å². The zero-order valence-corrected chi connectivity index (χ0v) is 10.8. The lowest BCUT2D eigenvalue weighted by Gasteiger charge is -2.27. The summed E-state index contributed by atoms with van der Waals surface area (Å²) in [6, 6.07) is 5.12. The van der Waals surface area contributed by atoms with E-state index in [2.05, 4.69) is 5.32 Å². The third kappa shape index (κ3) is 3.65. The van der Waals surface area contributed by atoms with Crippen LogP contribution in [-0.2, 0) is 11.0 Å². The lowest BCUT2D eigenvalue weighted by Crippen LogP contribution is -2.29. The molecule has 0 unspecified atom stereocenters. The number of carboxylic acid groups (broad SMARTS) is 1. The lowest BCUT2D eigenvalue weighted by atomic mass is 9.86. The minimum Gasteiger partial charge on any atom is -0.481 e. The third-order valence-corrected chi connectivity index (χ3v) is 3.64. The highest BCUT2D eigenvalue weighted by Gasteiger charge is 2.31. The molecule has 0 aliphatic heterocycles. The summed E-state index contributed by atoms with van der Waals surface area (Å²) in [7, 11) is 0. The number of carboxylic acids is 1. The molecule has 0 bridgehead atoms. The van der Waals surface area contributed by atoms with Crippen LogP contribution in [0.5, 0.6) is 0 Å². The molecule has 20 heavy (non-hydrogen) atoms. The van der Waals surface area contributed by atoms with Crippen LogP contribution in [0.3, 0.4) is 0 Å². The van der Waals surface area contributed by atoms with Gasteiger partial charge in [0.05, 0.1) is 11.5 Å². The number of benzene rings is 1. The Hall–Kier alpha value is -1.72. The quantitative estimate of drug-likeness (QED) is 0.890. The average molecular weight is 287 g/mol. The highest BCUT2D eigenvalue weighted by molar-refractivity contribution is 5.70. The van der Waals surface area contributed by atoms with Crippen molar-refractivity contribution >= 4 is 11.7 Å². The van der Waals surface area contributed by atoms with Gasteiger partial charge in [-0.15, -0.1) is 0 Å². The molecule has 2 rings (SSSR count). The van der Waals surface area contributed by atoms with Crippen molar-refractivity contribution in [3.05, 3.63) is 29.8 Å². The first-order chi connectivity index (χ1) is 9.36. The van der Waals surface area contributed by atoms with Gasteiger partial charge in [-0.25, -0.2) is 0 Å². The number of nitrogens with one attached hydrogen (secondary N) is 1. The fraction of sp³-hybridized carbons (Fsp3) is 0.500. The van der Waals surface area contributed by atoms with Gasteiger partial charge in [-0.1, -0.05) is 6.07 Å². The first-order valence-electron chi connectivity index (χ1n) is 6.53. The van der Waals surface area contributed by atoms with E-state index in [0.717, 1.165) is 12.1 Å². The number of hydrogen-bond acceptors (Lipinski definition) is 2. The first-order valence-corrected chi connectivity index (χ1v) is 6.53. The minimum atomic E-state index is -4.35. The Morgan fingerprint density at radius 3 is 2.40 bits per heavy atom. The van der Waals surface area contributed by atoms with Crippen LogP contribution >= 0.6 is 0 Å². The molecule has 1 aliphatic rings. The molecule has 0 saturated heterocycles. The molecule has 1 aromatic rings. The molecule has 2 N–H and O–H groups in total. The number of anilines is 1. The molecule has 0 amide bonds. The van der Waals surface area contributed by atoms with Crippen molar-refractivity contribution in [1.29, 1.82) is 0 Å². The predicted octanol–water partition coefficient (Wildman–Crippen LogP) is 3.76.